The Morgan fingerprint density at radius 1 is 1.21 bits per heavy atom. The summed E-state index contributed by atoms with van der Waals surface area (Å²) in [5.74, 6) is 1.04. The van der Waals surface area contributed by atoms with E-state index in [1.807, 2.05) is 46.2 Å². The lowest BCUT2D eigenvalue weighted by atomic mass is 9.99. The molecule has 0 bridgehead atoms. The molecular formula is C19H24ClN3O. The summed E-state index contributed by atoms with van der Waals surface area (Å²) in [6.07, 6.45) is 7.58. The van der Waals surface area contributed by atoms with Gasteiger partial charge >= 0.3 is 0 Å². The molecule has 1 aliphatic heterocycles. The molecule has 1 amide bonds. The predicted molar refractivity (Wildman–Crippen MR) is 96.9 cm³/mol. The van der Waals surface area contributed by atoms with E-state index in [0.717, 1.165) is 61.0 Å². The van der Waals surface area contributed by atoms with E-state index in [1.165, 1.54) is 0 Å². The predicted octanol–water partition coefficient (Wildman–Crippen LogP) is 4.24. The minimum Gasteiger partial charge on any atom is -0.343 e. The van der Waals surface area contributed by atoms with Crippen LogP contribution >= 0.6 is 11.6 Å². The van der Waals surface area contributed by atoms with Gasteiger partial charge in [-0.15, -0.1) is 0 Å². The van der Waals surface area contributed by atoms with Gasteiger partial charge in [0.15, 0.2) is 0 Å². The average Bonchev–Trinajstić information content (AvgIpc) is 3.05. The summed E-state index contributed by atoms with van der Waals surface area (Å²) >= 11 is 5.92. The second-order valence-corrected chi connectivity index (χ2v) is 7.10. The molecule has 0 spiro atoms. The molecule has 24 heavy (non-hydrogen) atoms. The topological polar surface area (TPSA) is 38.1 Å². The van der Waals surface area contributed by atoms with E-state index in [-0.39, 0.29) is 5.91 Å². The van der Waals surface area contributed by atoms with Gasteiger partial charge in [-0.1, -0.05) is 30.7 Å². The van der Waals surface area contributed by atoms with Crippen molar-refractivity contribution in [3.05, 3.63) is 41.7 Å². The third-order valence-electron chi connectivity index (χ3n) is 4.72. The molecule has 2 aromatic rings. The SMILES string of the molecule is CC1CCN(C(=O)CCCn2cc(-c3ccc(Cl)cc3)cn2)CC1. The molecule has 1 saturated heterocycles. The highest BCUT2D eigenvalue weighted by Crippen LogP contribution is 2.21. The first-order chi connectivity index (χ1) is 11.6. The molecule has 3 rings (SSSR count). The second kappa shape index (κ2) is 7.84. The average molecular weight is 346 g/mol. The summed E-state index contributed by atoms with van der Waals surface area (Å²) in [6, 6.07) is 7.74. The van der Waals surface area contributed by atoms with E-state index in [9.17, 15) is 4.79 Å². The number of aryl methyl sites for hydroxylation is 1. The molecule has 0 radical (unpaired) electrons. The highest BCUT2D eigenvalue weighted by molar-refractivity contribution is 6.30. The molecule has 0 unspecified atom stereocenters. The van der Waals surface area contributed by atoms with Crippen molar-refractivity contribution >= 4 is 17.5 Å². The van der Waals surface area contributed by atoms with Crippen LogP contribution in [0.5, 0.6) is 0 Å². The maximum atomic E-state index is 12.2. The first-order valence-electron chi connectivity index (χ1n) is 8.68. The molecule has 2 heterocycles. The number of carbonyl (C=O) groups excluding carboxylic acids is 1. The van der Waals surface area contributed by atoms with Gasteiger partial charge in [0.1, 0.15) is 0 Å². The molecule has 0 aliphatic carbocycles. The molecule has 5 heteroatoms. The lowest BCUT2D eigenvalue weighted by Crippen LogP contribution is -2.37. The van der Waals surface area contributed by atoms with Crippen LogP contribution in [0.4, 0.5) is 0 Å². The summed E-state index contributed by atoms with van der Waals surface area (Å²) in [6.45, 7) is 4.87. The van der Waals surface area contributed by atoms with Gasteiger partial charge in [0.25, 0.3) is 0 Å². The van der Waals surface area contributed by atoms with Crippen LogP contribution in [0.2, 0.25) is 5.02 Å². The van der Waals surface area contributed by atoms with Crippen molar-refractivity contribution in [3.8, 4) is 11.1 Å². The van der Waals surface area contributed by atoms with E-state index in [1.54, 1.807) is 0 Å². The zero-order valence-corrected chi connectivity index (χ0v) is 14.9. The van der Waals surface area contributed by atoms with Crippen molar-refractivity contribution in [2.24, 2.45) is 5.92 Å². The van der Waals surface area contributed by atoms with E-state index in [2.05, 4.69) is 12.0 Å². The minimum absolute atomic E-state index is 0.284. The molecule has 1 aromatic heterocycles. The quantitative estimate of drug-likeness (QED) is 0.812. The van der Waals surface area contributed by atoms with E-state index in [0.29, 0.717) is 6.42 Å². The maximum absolute atomic E-state index is 12.2. The van der Waals surface area contributed by atoms with Gasteiger partial charge in [-0.05, 0) is 42.9 Å². The Hall–Kier alpha value is -1.81. The van der Waals surface area contributed by atoms with Crippen molar-refractivity contribution in [1.29, 1.82) is 0 Å². The van der Waals surface area contributed by atoms with Crippen LogP contribution in [0.1, 0.15) is 32.6 Å². The number of likely N-dealkylation sites (tertiary alicyclic amines) is 1. The molecule has 0 N–H and O–H groups in total. The summed E-state index contributed by atoms with van der Waals surface area (Å²) in [5, 5.41) is 5.13. The van der Waals surface area contributed by atoms with Gasteiger partial charge < -0.3 is 4.90 Å². The Balaban J connectivity index is 1.47. The smallest absolute Gasteiger partial charge is 0.222 e. The fraction of sp³-hybridized carbons (Fsp3) is 0.474. The number of rotatable bonds is 5. The van der Waals surface area contributed by atoms with Crippen LogP contribution in [-0.2, 0) is 11.3 Å². The van der Waals surface area contributed by atoms with Crippen molar-refractivity contribution in [3.63, 3.8) is 0 Å². The van der Waals surface area contributed by atoms with Gasteiger partial charge in [-0.25, -0.2) is 0 Å². The number of hydrogen-bond acceptors (Lipinski definition) is 2. The second-order valence-electron chi connectivity index (χ2n) is 6.67. The number of carbonyl (C=O) groups is 1. The summed E-state index contributed by atoms with van der Waals surface area (Å²) in [4.78, 5) is 14.3. The Morgan fingerprint density at radius 2 is 1.92 bits per heavy atom. The van der Waals surface area contributed by atoms with E-state index in [4.69, 9.17) is 11.6 Å². The lowest BCUT2D eigenvalue weighted by molar-refractivity contribution is -0.132. The first-order valence-corrected chi connectivity index (χ1v) is 9.06. The fourth-order valence-electron chi connectivity index (χ4n) is 3.09. The Bertz CT molecular complexity index is 672. The number of halogens is 1. The molecule has 1 aliphatic rings. The van der Waals surface area contributed by atoms with Crippen LogP contribution in [0, 0.1) is 5.92 Å². The molecule has 0 saturated carbocycles. The van der Waals surface area contributed by atoms with E-state index >= 15 is 0 Å². The van der Waals surface area contributed by atoms with Crippen LogP contribution in [0.3, 0.4) is 0 Å². The molecule has 1 fully saturated rings. The highest BCUT2D eigenvalue weighted by Gasteiger charge is 2.19. The number of piperidine rings is 1. The van der Waals surface area contributed by atoms with Crippen LogP contribution < -0.4 is 0 Å². The highest BCUT2D eigenvalue weighted by atomic mass is 35.5. The third-order valence-corrected chi connectivity index (χ3v) is 4.98. The van der Waals surface area contributed by atoms with Crippen molar-refractivity contribution in [2.75, 3.05) is 13.1 Å². The van der Waals surface area contributed by atoms with Crippen LogP contribution in [0.25, 0.3) is 11.1 Å². The Morgan fingerprint density at radius 3 is 2.62 bits per heavy atom. The normalized spacial score (nSPS) is 15.7. The van der Waals surface area contributed by atoms with Gasteiger partial charge in [-0.3, -0.25) is 9.48 Å². The monoisotopic (exact) mass is 345 g/mol. The number of nitrogens with zero attached hydrogens (tertiary/aromatic N) is 3. The third kappa shape index (κ3) is 4.38. The van der Waals surface area contributed by atoms with Crippen molar-refractivity contribution in [2.45, 2.75) is 39.2 Å². The molecular weight excluding hydrogens is 322 g/mol. The Labute approximate surface area is 148 Å². The number of amides is 1. The zero-order chi connectivity index (χ0) is 16.9. The van der Waals surface area contributed by atoms with Gasteiger partial charge in [0, 0.05) is 42.8 Å². The number of benzene rings is 1. The van der Waals surface area contributed by atoms with Gasteiger partial charge in [-0.2, -0.15) is 5.10 Å². The summed E-state index contributed by atoms with van der Waals surface area (Å²) in [5.41, 5.74) is 2.17. The molecule has 128 valence electrons. The largest absolute Gasteiger partial charge is 0.343 e. The van der Waals surface area contributed by atoms with Crippen molar-refractivity contribution in [1.82, 2.24) is 14.7 Å². The molecule has 4 nitrogen and oxygen atoms in total. The fourth-order valence-corrected chi connectivity index (χ4v) is 3.21. The Kier molecular flexibility index (Phi) is 5.56. The van der Waals surface area contributed by atoms with Crippen LogP contribution in [-0.4, -0.2) is 33.7 Å². The minimum atomic E-state index is 0.284. The first kappa shape index (κ1) is 17.0. The zero-order valence-electron chi connectivity index (χ0n) is 14.1. The molecule has 1 aromatic carbocycles. The van der Waals surface area contributed by atoms with Crippen LogP contribution in [0.15, 0.2) is 36.7 Å². The van der Waals surface area contributed by atoms with Gasteiger partial charge in [0.05, 0.1) is 6.20 Å². The maximum Gasteiger partial charge on any atom is 0.222 e. The van der Waals surface area contributed by atoms with Crippen molar-refractivity contribution < 1.29 is 4.79 Å². The standard InChI is InChI=1S/C19H24ClN3O/c1-15-8-11-22(12-9-15)19(24)3-2-10-23-14-17(13-21-23)16-4-6-18(20)7-5-16/h4-7,13-15H,2-3,8-12H2,1H3. The van der Waals surface area contributed by atoms with Gasteiger partial charge in [0.2, 0.25) is 5.91 Å². The van der Waals surface area contributed by atoms with E-state index < -0.39 is 0 Å². The molecule has 0 atom stereocenters. The lowest BCUT2D eigenvalue weighted by Gasteiger charge is -2.30. The summed E-state index contributed by atoms with van der Waals surface area (Å²) < 4.78 is 1.91. The summed E-state index contributed by atoms with van der Waals surface area (Å²) in [7, 11) is 0. The number of hydrogen-bond donors (Lipinski definition) is 0. The number of aromatic nitrogens is 2.